The summed E-state index contributed by atoms with van der Waals surface area (Å²) in [4.78, 5) is 7.01. The van der Waals surface area contributed by atoms with Crippen LogP contribution in [0.2, 0.25) is 0 Å². The van der Waals surface area contributed by atoms with Crippen molar-refractivity contribution < 1.29 is 33.2 Å². The lowest BCUT2D eigenvalue weighted by atomic mass is 9.98. The van der Waals surface area contributed by atoms with Crippen LogP contribution in [0, 0.1) is 11.6 Å². The predicted octanol–water partition coefficient (Wildman–Crippen LogP) is 3.57. The lowest BCUT2D eigenvalue weighted by Gasteiger charge is -2.15. The first kappa shape index (κ1) is 22.1. The fourth-order valence-corrected chi connectivity index (χ4v) is 4.70. The fraction of sp³-hybridized carbons (Fsp3) is 0.269. The Balaban J connectivity index is 1.28. The average molecular weight is 480 g/mol. The van der Waals surface area contributed by atoms with Gasteiger partial charge >= 0.3 is 0 Å². The summed E-state index contributed by atoms with van der Waals surface area (Å²) < 4.78 is 47.3. The first-order valence-corrected chi connectivity index (χ1v) is 11.3. The number of aromatic amines is 1. The van der Waals surface area contributed by atoms with Gasteiger partial charge in [0.2, 0.25) is 0 Å². The maximum absolute atomic E-state index is 15.4. The van der Waals surface area contributed by atoms with Gasteiger partial charge in [0.1, 0.15) is 29.6 Å². The first-order valence-electron chi connectivity index (χ1n) is 11.3. The number of fused-ring (bicyclic) bond motifs is 2. The molecule has 3 N–H and O–H groups in total. The van der Waals surface area contributed by atoms with Crippen molar-refractivity contribution >= 4 is 11.0 Å². The van der Waals surface area contributed by atoms with E-state index in [1.807, 2.05) is 24.3 Å². The Kier molecular flexibility index (Phi) is 5.49. The number of hydrogen-bond donors (Lipinski definition) is 3. The van der Waals surface area contributed by atoms with E-state index in [0.29, 0.717) is 5.56 Å². The number of hydrogen-bond acceptors (Lipinski definition) is 6. The molecule has 2 fully saturated rings. The molecule has 0 spiro atoms. The summed E-state index contributed by atoms with van der Waals surface area (Å²) in [6.45, 7) is 0.318. The second kappa shape index (κ2) is 8.69. The Morgan fingerprint density at radius 1 is 0.943 bits per heavy atom. The predicted molar refractivity (Wildman–Crippen MR) is 123 cm³/mol. The number of nitrogens with zero attached hydrogens (tertiary/aromatic N) is 1. The molecule has 9 heteroatoms. The van der Waals surface area contributed by atoms with Gasteiger partial charge in [-0.1, -0.05) is 48.5 Å². The highest BCUT2D eigenvalue weighted by Crippen LogP contribution is 2.34. The number of aliphatic hydroxyl groups is 2. The van der Waals surface area contributed by atoms with Crippen LogP contribution in [0.25, 0.3) is 33.3 Å². The Hall–Kier alpha value is -3.37. The minimum Gasteiger partial charge on any atom is -0.456 e. The molecular weight excluding hydrogens is 458 g/mol. The monoisotopic (exact) mass is 480 g/mol. The van der Waals surface area contributed by atoms with Crippen molar-refractivity contribution in [1.82, 2.24) is 9.97 Å². The van der Waals surface area contributed by atoms with Gasteiger partial charge in [-0.05, 0) is 22.3 Å². The van der Waals surface area contributed by atoms with E-state index in [4.69, 9.17) is 14.2 Å². The van der Waals surface area contributed by atoms with E-state index >= 15 is 4.39 Å². The normalized spacial score (nSPS) is 23.7. The summed E-state index contributed by atoms with van der Waals surface area (Å²) >= 11 is 0. The number of benzene rings is 3. The van der Waals surface area contributed by atoms with Crippen molar-refractivity contribution in [3.05, 3.63) is 71.8 Å². The van der Waals surface area contributed by atoms with Crippen molar-refractivity contribution in [1.29, 1.82) is 0 Å². The van der Waals surface area contributed by atoms with Crippen LogP contribution in [0.5, 0.6) is 6.01 Å². The SMILES string of the molecule is OCc1ccc(-c2ccc(-c3c(F)cc4[nH]c(O[C@H]5COC6C5OC[C@@H]6O)nc4c3F)cc2)cc1. The molecule has 1 aromatic heterocycles. The molecule has 3 aromatic carbocycles. The topological polar surface area (TPSA) is 96.8 Å². The van der Waals surface area contributed by atoms with Crippen molar-refractivity contribution in [2.45, 2.75) is 31.0 Å². The highest BCUT2D eigenvalue weighted by molar-refractivity contribution is 5.84. The number of rotatable bonds is 5. The van der Waals surface area contributed by atoms with E-state index in [-0.39, 0.29) is 42.4 Å². The highest BCUT2D eigenvalue weighted by atomic mass is 19.1. The number of nitrogens with one attached hydrogen (secondary N) is 1. The minimum absolute atomic E-state index is 0.0244. The largest absolute Gasteiger partial charge is 0.456 e. The Bertz CT molecular complexity index is 1370. The van der Waals surface area contributed by atoms with Crippen LogP contribution in [0.1, 0.15) is 5.56 Å². The molecule has 35 heavy (non-hydrogen) atoms. The van der Waals surface area contributed by atoms with Crippen LogP contribution in [0.15, 0.2) is 54.6 Å². The second-order valence-electron chi connectivity index (χ2n) is 8.74. The average Bonchev–Trinajstić information content (AvgIpc) is 3.57. The summed E-state index contributed by atoms with van der Waals surface area (Å²) in [5.41, 5.74) is 2.94. The van der Waals surface area contributed by atoms with Crippen molar-refractivity contribution in [2.75, 3.05) is 13.2 Å². The van der Waals surface area contributed by atoms with Gasteiger partial charge in [0.25, 0.3) is 6.01 Å². The summed E-state index contributed by atoms with van der Waals surface area (Å²) in [6.07, 6.45) is -2.16. The molecule has 2 aliphatic heterocycles. The van der Waals surface area contributed by atoms with E-state index in [2.05, 4.69) is 9.97 Å². The van der Waals surface area contributed by atoms with Gasteiger partial charge in [-0.25, -0.2) is 8.78 Å². The molecule has 0 saturated carbocycles. The number of halogens is 2. The maximum Gasteiger partial charge on any atom is 0.295 e. The van der Waals surface area contributed by atoms with E-state index in [1.165, 1.54) is 6.07 Å². The Morgan fingerprint density at radius 3 is 2.31 bits per heavy atom. The third kappa shape index (κ3) is 3.86. The van der Waals surface area contributed by atoms with Crippen molar-refractivity contribution in [3.63, 3.8) is 0 Å². The van der Waals surface area contributed by atoms with E-state index in [1.54, 1.807) is 24.3 Å². The molecule has 3 heterocycles. The van der Waals surface area contributed by atoms with Crippen LogP contribution >= 0.6 is 0 Å². The second-order valence-corrected chi connectivity index (χ2v) is 8.74. The quantitative estimate of drug-likeness (QED) is 0.404. The number of aromatic nitrogens is 2. The van der Waals surface area contributed by atoms with Gasteiger partial charge in [0, 0.05) is 6.07 Å². The lowest BCUT2D eigenvalue weighted by Crippen LogP contribution is -2.34. The van der Waals surface area contributed by atoms with E-state index in [0.717, 1.165) is 16.7 Å². The van der Waals surface area contributed by atoms with Gasteiger partial charge in [0.15, 0.2) is 11.9 Å². The van der Waals surface area contributed by atoms with Crippen molar-refractivity contribution in [2.24, 2.45) is 0 Å². The summed E-state index contributed by atoms with van der Waals surface area (Å²) in [6, 6.07) is 15.5. The molecule has 2 aliphatic rings. The molecule has 4 aromatic rings. The van der Waals surface area contributed by atoms with Gasteiger partial charge in [-0.15, -0.1) is 0 Å². The zero-order valence-electron chi connectivity index (χ0n) is 18.4. The van der Waals surface area contributed by atoms with Crippen LogP contribution in [0.3, 0.4) is 0 Å². The molecule has 2 saturated heterocycles. The van der Waals surface area contributed by atoms with Gasteiger partial charge in [0.05, 0.1) is 30.9 Å². The molecule has 0 aliphatic carbocycles. The summed E-state index contributed by atoms with van der Waals surface area (Å²) in [7, 11) is 0. The molecule has 2 unspecified atom stereocenters. The van der Waals surface area contributed by atoms with E-state index < -0.39 is 36.1 Å². The fourth-order valence-electron chi connectivity index (χ4n) is 4.70. The molecule has 7 nitrogen and oxygen atoms in total. The number of ether oxygens (including phenoxy) is 3. The smallest absolute Gasteiger partial charge is 0.295 e. The zero-order chi connectivity index (χ0) is 24.1. The first-order chi connectivity index (χ1) is 17.0. The molecule has 0 radical (unpaired) electrons. The third-order valence-electron chi connectivity index (χ3n) is 6.54. The van der Waals surface area contributed by atoms with Crippen LogP contribution in [-0.4, -0.2) is 57.8 Å². The Morgan fingerprint density at radius 2 is 1.60 bits per heavy atom. The van der Waals surface area contributed by atoms with Crippen LogP contribution < -0.4 is 4.74 Å². The third-order valence-corrected chi connectivity index (χ3v) is 6.54. The number of imidazole rings is 1. The molecular formula is C26H22F2N2O5. The van der Waals surface area contributed by atoms with Crippen LogP contribution in [-0.2, 0) is 16.1 Å². The number of H-pyrrole nitrogens is 1. The van der Waals surface area contributed by atoms with Crippen molar-refractivity contribution in [3.8, 4) is 28.3 Å². The Labute approximate surface area is 198 Å². The zero-order valence-corrected chi connectivity index (χ0v) is 18.4. The minimum atomic E-state index is -0.792. The summed E-state index contributed by atoms with van der Waals surface area (Å²) in [5, 5.41) is 19.1. The van der Waals surface area contributed by atoms with E-state index in [9.17, 15) is 14.6 Å². The van der Waals surface area contributed by atoms with Gasteiger partial charge in [-0.2, -0.15) is 4.98 Å². The maximum atomic E-state index is 15.4. The standard InChI is InChI=1S/C26H22F2N2O5/c27-17-9-18-23(30-26(29-18)35-20-12-34-24-19(32)11-33-25(20)24)22(28)21(17)16-7-5-15(6-8-16)14-3-1-13(10-31)2-4-14/h1-9,19-20,24-25,31-32H,10-12H2,(H,29,30)/t19-,20-,24?,25?/m0/s1. The molecule has 4 atom stereocenters. The van der Waals surface area contributed by atoms with Gasteiger partial charge < -0.3 is 29.4 Å². The highest BCUT2D eigenvalue weighted by Gasteiger charge is 2.48. The molecule has 180 valence electrons. The molecule has 0 bridgehead atoms. The lowest BCUT2D eigenvalue weighted by molar-refractivity contribution is 0.00706. The molecule has 0 amide bonds. The van der Waals surface area contributed by atoms with Crippen LogP contribution in [0.4, 0.5) is 8.78 Å². The molecule has 6 rings (SSSR count). The number of aliphatic hydroxyl groups excluding tert-OH is 2. The van der Waals surface area contributed by atoms with Gasteiger partial charge in [-0.3, -0.25) is 0 Å². The summed E-state index contributed by atoms with van der Waals surface area (Å²) in [5.74, 6) is -1.52.